The number of aromatic nitrogens is 1. The normalized spacial score (nSPS) is 11.4. The number of halogens is 5. The summed E-state index contributed by atoms with van der Waals surface area (Å²) in [5.41, 5.74) is -2.24. The van der Waals surface area contributed by atoms with Crippen LogP contribution in [0.4, 0.5) is 22.0 Å². The number of esters is 1. The van der Waals surface area contributed by atoms with Gasteiger partial charge in [0, 0.05) is 0 Å². The van der Waals surface area contributed by atoms with Crippen molar-refractivity contribution in [1.82, 2.24) is 4.98 Å². The molecule has 0 unspecified atom stereocenters. The van der Waals surface area contributed by atoms with Gasteiger partial charge in [-0.3, -0.25) is 0 Å². The summed E-state index contributed by atoms with van der Waals surface area (Å²) in [6.07, 6.45) is -7.98. The fraction of sp³-hybridized carbons (Fsp3) is 0.455. The number of carbonyl (C=O) groups is 1. The van der Waals surface area contributed by atoms with Crippen molar-refractivity contribution in [2.45, 2.75) is 19.7 Å². The molecule has 118 valence electrons. The van der Waals surface area contributed by atoms with E-state index in [-0.39, 0.29) is 6.61 Å². The average Bonchev–Trinajstić information content (AvgIpc) is 2.35. The maximum absolute atomic E-state index is 13.0. The van der Waals surface area contributed by atoms with Gasteiger partial charge in [0.15, 0.2) is 11.4 Å². The minimum absolute atomic E-state index is 0.179. The van der Waals surface area contributed by atoms with Crippen LogP contribution >= 0.6 is 0 Å². The van der Waals surface area contributed by atoms with E-state index in [4.69, 9.17) is 0 Å². The number of hydrogen-bond donors (Lipinski definition) is 0. The molecule has 1 rings (SSSR count). The van der Waals surface area contributed by atoms with Crippen LogP contribution in [-0.4, -0.2) is 31.0 Å². The van der Waals surface area contributed by atoms with Crippen LogP contribution in [0.1, 0.15) is 29.4 Å². The molecule has 0 saturated carbocycles. The van der Waals surface area contributed by atoms with E-state index in [1.54, 1.807) is 0 Å². The van der Waals surface area contributed by atoms with Gasteiger partial charge in [0.1, 0.15) is 11.3 Å². The number of rotatable bonds is 5. The standard InChI is InChI=1S/C11H10F5NO4/c1-3-20-10(18)7-8(21-11(14,15)16)6(9(12)13)5(19-2)4-17-7/h4,9H,3H2,1-2H3. The molecule has 21 heavy (non-hydrogen) atoms. The van der Waals surface area contributed by atoms with Crippen molar-refractivity contribution < 1.29 is 41.0 Å². The second kappa shape index (κ2) is 6.55. The Kier molecular flexibility index (Phi) is 5.28. The molecule has 0 aliphatic carbocycles. The van der Waals surface area contributed by atoms with Gasteiger partial charge in [0.05, 0.1) is 19.9 Å². The molecule has 0 amide bonds. The molecule has 0 atom stereocenters. The molecule has 0 aliphatic rings. The fourth-order valence-corrected chi connectivity index (χ4v) is 1.42. The third-order valence-electron chi connectivity index (χ3n) is 2.16. The summed E-state index contributed by atoms with van der Waals surface area (Å²) in [6, 6.07) is 0. The highest BCUT2D eigenvalue weighted by atomic mass is 19.4. The van der Waals surface area contributed by atoms with Crippen LogP contribution in [0.15, 0.2) is 6.20 Å². The number of methoxy groups -OCH3 is 1. The Labute approximate surface area is 115 Å². The van der Waals surface area contributed by atoms with Gasteiger partial charge in [-0.05, 0) is 6.92 Å². The summed E-state index contributed by atoms with van der Waals surface area (Å²) in [6.45, 7) is 1.21. The van der Waals surface area contributed by atoms with E-state index in [0.717, 1.165) is 7.11 Å². The van der Waals surface area contributed by atoms with Crippen molar-refractivity contribution >= 4 is 5.97 Å². The van der Waals surface area contributed by atoms with Gasteiger partial charge < -0.3 is 14.2 Å². The van der Waals surface area contributed by atoms with E-state index in [1.165, 1.54) is 6.92 Å². The molecule has 10 heteroatoms. The summed E-state index contributed by atoms with van der Waals surface area (Å²) in [5, 5.41) is 0. The van der Waals surface area contributed by atoms with Crippen LogP contribution < -0.4 is 9.47 Å². The Balaban J connectivity index is 3.50. The van der Waals surface area contributed by atoms with Crippen molar-refractivity contribution in [1.29, 1.82) is 0 Å². The summed E-state index contributed by atoms with van der Waals surface area (Å²) in [5.74, 6) is -3.39. The van der Waals surface area contributed by atoms with E-state index in [1.807, 2.05) is 0 Å². The van der Waals surface area contributed by atoms with Gasteiger partial charge >= 0.3 is 12.3 Å². The first-order valence-corrected chi connectivity index (χ1v) is 5.49. The molecule has 0 fully saturated rings. The fourth-order valence-electron chi connectivity index (χ4n) is 1.42. The van der Waals surface area contributed by atoms with Gasteiger partial charge in [0.2, 0.25) is 0 Å². The molecule has 1 aromatic heterocycles. The van der Waals surface area contributed by atoms with Gasteiger partial charge in [-0.1, -0.05) is 0 Å². The summed E-state index contributed by atoms with van der Waals surface area (Å²) < 4.78 is 75.5. The van der Waals surface area contributed by atoms with E-state index in [9.17, 15) is 26.7 Å². The molecular weight excluding hydrogens is 305 g/mol. The SMILES string of the molecule is CCOC(=O)c1ncc(OC)c(C(F)F)c1OC(F)(F)F. The molecule has 5 nitrogen and oxygen atoms in total. The van der Waals surface area contributed by atoms with Crippen molar-refractivity contribution in [3.63, 3.8) is 0 Å². The molecule has 1 heterocycles. The zero-order valence-electron chi connectivity index (χ0n) is 10.8. The molecule has 0 bridgehead atoms. The van der Waals surface area contributed by atoms with E-state index < -0.39 is 41.5 Å². The van der Waals surface area contributed by atoms with Crippen LogP contribution in [0.25, 0.3) is 0 Å². The van der Waals surface area contributed by atoms with E-state index in [2.05, 4.69) is 19.2 Å². The lowest BCUT2D eigenvalue weighted by molar-refractivity contribution is -0.275. The largest absolute Gasteiger partial charge is 0.573 e. The highest BCUT2D eigenvalue weighted by Crippen LogP contribution is 2.40. The minimum atomic E-state index is -5.29. The van der Waals surface area contributed by atoms with Crippen molar-refractivity contribution in [3.05, 3.63) is 17.5 Å². The lowest BCUT2D eigenvalue weighted by Crippen LogP contribution is -2.22. The first-order valence-electron chi connectivity index (χ1n) is 5.49. The topological polar surface area (TPSA) is 57.7 Å². The number of nitrogens with zero attached hydrogens (tertiary/aromatic N) is 1. The summed E-state index contributed by atoms with van der Waals surface area (Å²) in [4.78, 5) is 14.8. The lowest BCUT2D eigenvalue weighted by atomic mass is 10.2. The zero-order chi connectivity index (χ0) is 16.2. The first kappa shape index (κ1) is 16.9. The van der Waals surface area contributed by atoms with Crippen molar-refractivity contribution in [2.75, 3.05) is 13.7 Å². The molecule has 0 aliphatic heterocycles. The number of carbonyl (C=O) groups excluding carboxylic acids is 1. The third-order valence-corrected chi connectivity index (χ3v) is 2.16. The van der Waals surface area contributed by atoms with E-state index >= 15 is 0 Å². The second-order valence-corrected chi connectivity index (χ2v) is 3.49. The lowest BCUT2D eigenvalue weighted by Gasteiger charge is -2.17. The van der Waals surface area contributed by atoms with Gasteiger partial charge in [-0.15, -0.1) is 13.2 Å². The van der Waals surface area contributed by atoms with Gasteiger partial charge in [-0.2, -0.15) is 0 Å². The Hall–Kier alpha value is -2.13. The molecule has 0 N–H and O–H groups in total. The van der Waals surface area contributed by atoms with Crippen LogP contribution in [0, 0.1) is 0 Å². The smallest absolute Gasteiger partial charge is 0.494 e. The quantitative estimate of drug-likeness (QED) is 0.617. The number of pyridine rings is 1. The average molecular weight is 315 g/mol. The maximum Gasteiger partial charge on any atom is 0.573 e. The second-order valence-electron chi connectivity index (χ2n) is 3.49. The highest BCUT2D eigenvalue weighted by molar-refractivity contribution is 5.91. The Morgan fingerprint density at radius 2 is 2.00 bits per heavy atom. The number of alkyl halides is 5. The van der Waals surface area contributed by atoms with Gasteiger partial charge in [-0.25, -0.2) is 18.6 Å². The number of hydrogen-bond acceptors (Lipinski definition) is 5. The molecule has 0 saturated heterocycles. The molecular formula is C11H10F5NO4. The molecule has 0 aromatic carbocycles. The molecule has 0 spiro atoms. The van der Waals surface area contributed by atoms with Crippen LogP contribution in [0.3, 0.4) is 0 Å². The number of ether oxygens (including phenoxy) is 3. The Morgan fingerprint density at radius 1 is 1.38 bits per heavy atom. The zero-order valence-corrected chi connectivity index (χ0v) is 10.8. The molecule has 1 aromatic rings. The monoisotopic (exact) mass is 315 g/mol. The summed E-state index contributed by atoms with van der Waals surface area (Å²) >= 11 is 0. The Bertz CT molecular complexity index is 518. The first-order chi connectivity index (χ1) is 9.71. The minimum Gasteiger partial charge on any atom is -0.494 e. The maximum atomic E-state index is 13.0. The summed E-state index contributed by atoms with van der Waals surface area (Å²) in [7, 11) is 0.963. The van der Waals surface area contributed by atoms with Crippen LogP contribution in [-0.2, 0) is 4.74 Å². The van der Waals surface area contributed by atoms with E-state index in [0.29, 0.717) is 6.20 Å². The van der Waals surface area contributed by atoms with Crippen LogP contribution in [0.2, 0.25) is 0 Å². The highest BCUT2D eigenvalue weighted by Gasteiger charge is 2.38. The third kappa shape index (κ3) is 4.17. The predicted octanol–water partition coefficient (Wildman–Crippen LogP) is 3.10. The van der Waals surface area contributed by atoms with Crippen molar-refractivity contribution in [2.24, 2.45) is 0 Å². The van der Waals surface area contributed by atoms with Gasteiger partial charge in [0.25, 0.3) is 6.43 Å². The van der Waals surface area contributed by atoms with Crippen LogP contribution in [0.5, 0.6) is 11.5 Å². The Morgan fingerprint density at radius 3 is 2.43 bits per heavy atom. The van der Waals surface area contributed by atoms with Crippen molar-refractivity contribution in [3.8, 4) is 11.5 Å². The predicted molar refractivity (Wildman–Crippen MR) is 58.4 cm³/mol. The molecule has 0 radical (unpaired) electrons.